The van der Waals surface area contributed by atoms with Gasteiger partial charge >= 0.3 is 5.97 Å². The van der Waals surface area contributed by atoms with Crippen LogP contribution in [0.5, 0.6) is 0 Å². The van der Waals surface area contributed by atoms with Crippen LogP contribution in [0.2, 0.25) is 10.0 Å². The molecule has 0 saturated heterocycles. The highest BCUT2D eigenvalue weighted by molar-refractivity contribution is 6.43. The highest BCUT2D eigenvalue weighted by atomic mass is 35.5. The number of hydrogen-bond acceptors (Lipinski definition) is 5. The number of unbranched alkanes of at least 4 members (excludes halogenated alkanes) is 1. The van der Waals surface area contributed by atoms with Crippen molar-refractivity contribution in [2.24, 2.45) is 0 Å². The lowest BCUT2D eigenvalue weighted by Crippen LogP contribution is -2.18. The Morgan fingerprint density at radius 2 is 1.86 bits per heavy atom. The first-order valence-corrected chi connectivity index (χ1v) is 9.61. The number of esters is 1. The Labute approximate surface area is 179 Å². The van der Waals surface area contributed by atoms with Gasteiger partial charge < -0.3 is 15.4 Å². The summed E-state index contributed by atoms with van der Waals surface area (Å²) in [6.45, 7) is 2.29. The molecule has 29 heavy (non-hydrogen) atoms. The number of carbonyl (C=O) groups is 2. The number of nitrogens with zero attached hydrogens (tertiary/aromatic N) is 1. The molecule has 1 amide bonds. The predicted molar refractivity (Wildman–Crippen MR) is 114 cm³/mol. The first kappa shape index (κ1) is 22.3. The summed E-state index contributed by atoms with van der Waals surface area (Å²) in [5, 5.41) is 15.3. The number of nitriles is 1. The molecule has 0 fully saturated rings. The first-order chi connectivity index (χ1) is 14.0. The number of ether oxygens (including phenoxy) is 1. The van der Waals surface area contributed by atoms with Crippen molar-refractivity contribution in [1.82, 2.24) is 0 Å². The third kappa shape index (κ3) is 6.24. The molecule has 0 saturated carbocycles. The third-order valence-electron chi connectivity index (χ3n) is 3.81. The Hall–Kier alpha value is -3.01. The van der Waals surface area contributed by atoms with Crippen molar-refractivity contribution in [3.63, 3.8) is 0 Å². The Morgan fingerprint density at radius 3 is 2.59 bits per heavy atom. The maximum absolute atomic E-state index is 12.5. The average Bonchev–Trinajstić information content (AvgIpc) is 2.72. The summed E-state index contributed by atoms with van der Waals surface area (Å²) in [6, 6.07) is 13.2. The van der Waals surface area contributed by atoms with Crippen LogP contribution in [0.15, 0.2) is 54.2 Å². The van der Waals surface area contributed by atoms with Crippen molar-refractivity contribution < 1.29 is 14.3 Å². The molecule has 8 heteroatoms. The zero-order chi connectivity index (χ0) is 21.2. The number of carbonyl (C=O) groups excluding carboxylic acids is 2. The lowest BCUT2D eigenvalue weighted by molar-refractivity contribution is -0.112. The van der Waals surface area contributed by atoms with E-state index in [1.165, 1.54) is 6.20 Å². The highest BCUT2D eigenvalue weighted by Gasteiger charge is 2.16. The van der Waals surface area contributed by atoms with Crippen LogP contribution in [0.3, 0.4) is 0 Å². The Kier molecular flexibility index (Phi) is 8.53. The number of amides is 1. The summed E-state index contributed by atoms with van der Waals surface area (Å²) in [6.07, 6.45) is 2.86. The molecule has 2 aromatic carbocycles. The molecule has 0 aromatic heterocycles. The highest BCUT2D eigenvalue weighted by Crippen LogP contribution is 2.29. The fourth-order valence-corrected chi connectivity index (χ4v) is 2.62. The van der Waals surface area contributed by atoms with E-state index in [1.807, 2.05) is 13.0 Å². The summed E-state index contributed by atoms with van der Waals surface area (Å²) >= 11 is 12.0. The Balaban J connectivity index is 2.15. The molecular weight excluding hydrogens is 413 g/mol. The van der Waals surface area contributed by atoms with Gasteiger partial charge in [-0.1, -0.05) is 54.7 Å². The largest absolute Gasteiger partial charge is 0.462 e. The quantitative estimate of drug-likeness (QED) is 0.252. The van der Waals surface area contributed by atoms with Crippen molar-refractivity contribution >= 4 is 46.5 Å². The second kappa shape index (κ2) is 11.1. The molecule has 2 aromatic rings. The molecule has 2 N–H and O–H groups in total. The van der Waals surface area contributed by atoms with Gasteiger partial charge in [0.15, 0.2) is 0 Å². The van der Waals surface area contributed by atoms with E-state index in [9.17, 15) is 14.9 Å². The molecule has 0 unspecified atom stereocenters. The van der Waals surface area contributed by atoms with Gasteiger partial charge in [0.2, 0.25) is 0 Å². The maximum Gasteiger partial charge on any atom is 0.340 e. The van der Waals surface area contributed by atoms with Gasteiger partial charge in [-0.2, -0.15) is 5.26 Å². The summed E-state index contributed by atoms with van der Waals surface area (Å²) in [4.78, 5) is 24.7. The number of hydrogen-bond donors (Lipinski definition) is 2. The van der Waals surface area contributed by atoms with Crippen molar-refractivity contribution in [1.29, 1.82) is 5.26 Å². The fourth-order valence-electron chi connectivity index (χ4n) is 2.26. The second-order valence-electron chi connectivity index (χ2n) is 5.90. The summed E-state index contributed by atoms with van der Waals surface area (Å²) in [5.41, 5.74) is 0.691. The van der Waals surface area contributed by atoms with Gasteiger partial charge in [0.1, 0.15) is 11.6 Å². The molecule has 0 aliphatic carbocycles. The Bertz CT molecular complexity index is 968. The molecule has 6 nitrogen and oxygen atoms in total. The Morgan fingerprint density at radius 1 is 1.14 bits per heavy atom. The van der Waals surface area contributed by atoms with Gasteiger partial charge in [0.25, 0.3) is 5.91 Å². The number of halogens is 2. The first-order valence-electron chi connectivity index (χ1n) is 8.86. The zero-order valence-corrected chi connectivity index (χ0v) is 17.2. The number of anilines is 2. The molecule has 0 radical (unpaired) electrons. The standard InChI is InChI=1S/C21H19Cl2N3O3/c1-2-3-11-29-21(28)15-7-4-5-9-17(15)26-20(27)14(12-24)13-25-18-10-6-8-16(22)19(18)23/h4-10,13,25H,2-3,11H2,1H3,(H,26,27)/b14-13-. The summed E-state index contributed by atoms with van der Waals surface area (Å²) in [5.74, 6) is -1.23. The summed E-state index contributed by atoms with van der Waals surface area (Å²) in [7, 11) is 0. The maximum atomic E-state index is 12.5. The molecular formula is C21H19Cl2N3O3. The minimum absolute atomic E-state index is 0.208. The number of benzene rings is 2. The van der Waals surface area contributed by atoms with Crippen molar-refractivity contribution in [2.45, 2.75) is 19.8 Å². The lowest BCUT2D eigenvalue weighted by Gasteiger charge is -2.11. The van der Waals surface area contributed by atoms with Gasteiger partial charge in [-0.25, -0.2) is 4.79 Å². The van der Waals surface area contributed by atoms with Crippen molar-refractivity contribution in [2.75, 3.05) is 17.2 Å². The molecule has 0 aliphatic heterocycles. The van der Waals surface area contributed by atoms with E-state index < -0.39 is 11.9 Å². The molecule has 150 valence electrons. The van der Waals surface area contributed by atoms with Crippen LogP contribution in [-0.2, 0) is 9.53 Å². The van der Waals surface area contributed by atoms with Gasteiger partial charge in [-0.05, 0) is 30.7 Å². The molecule has 0 spiro atoms. The SMILES string of the molecule is CCCCOC(=O)c1ccccc1NC(=O)/C(C#N)=C\Nc1cccc(Cl)c1Cl. The van der Waals surface area contributed by atoms with E-state index in [4.69, 9.17) is 27.9 Å². The normalized spacial score (nSPS) is 10.8. The van der Waals surface area contributed by atoms with Gasteiger partial charge in [0, 0.05) is 6.20 Å². The van der Waals surface area contributed by atoms with E-state index in [-0.39, 0.29) is 21.8 Å². The number of rotatable bonds is 8. The van der Waals surface area contributed by atoms with Gasteiger partial charge in [0.05, 0.1) is 33.6 Å². The minimum Gasteiger partial charge on any atom is -0.462 e. The van der Waals surface area contributed by atoms with Gasteiger partial charge in [-0.3, -0.25) is 4.79 Å². The van der Waals surface area contributed by atoms with E-state index in [1.54, 1.807) is 42.5 Å². The molecule has 0 aliphatic rings. The second-order valence-corrected chi connectivity index (χ2v) is 6.69. The number of para-hydroxylation sites is 1. The minimum atomic E-state index is -0.688. The number of nitrogens with one attached hydrogen (secondary N) is 2. The van der Waals surface area contributed by atoms with Crippen LogP contribution in [0.1, 0.15) is 30.1 Å². The monoisotopic (exact) mass is 431 g/mol. The van der Waals surface area contributed by atoms with Crippen LogP contribution in [-0.4, -0.2) is 18.5 Å². The average molecular weight is 432 g/mol. The van der Waals surface area contributed by atoms with Crippen LogP contribution in [0.4, 0.5) is 11.4 Å². The van der Waals surface area contributed by atoms with Gasteiger partial charge in [-0.15, -0.1) is 0 Å². The zero-order valence-electron chi connectivity index (χ0n) is 15.7. The van der Waals surface area contributed by atoms with Crippen LogP contribution >= 0.6 is 23.2 Å². The smallest absolute Gasteiger partial charge is 0.340 e. The molecule has 0 heterocycles. The van der Waals surface area contributed by atoms with E-state index in [0.29, 0.717) is 17.3 Å². The summed E-state index contributed by atoms with van der Waals surface area (Å²) < 4.78 is 5.20. The fraction of sp³-hybridized carbons (Fsp3) is 0.190. The van der Waals surface area contributed by atoms with Crippen LogP contribution in [0, 0.1) is 11.3 Å². The molecule has 0 bridgehead atoms. The molecule has 0 atom stereocenters. The van der Waals surface area contributed by atoms with Crippen LogP contribution in [0.25, 0.3) is 0 Å². The van der Waals surface area contributed by atoms with E-state index >= 15 is 0 Å². The van der Waals surface area contributed by atoms with E-state index in [2.05, 4.69) is 10.6 Å². The third-order valence-corrected chi connectivity index (χ3v) is 4.63. The van der Waals surface area contributed by atoms with E-state index in [0.717, 1.165) is 12.8 Å². The van der Waals surface area contributed by atoms with Crippen molar-refractivity contribution in [3.8, 4) is 6.07 Å². The topological polar surface area (TPSA) is 91.2 Å². The predicted octanol–water partition coefficient (Wildman–Crippen LogP) is 5.41. The van der Waals surface area contributed by atoms with Crippen LogP contribution < -0.4 is 10.6 Å². The van der Waals surface area contributed by atoms with Crippen molar-refractivity contribution in [3.05, 3.63) is 69.8 Å². The lowest BCUT2D eigenvalue weighted by atomic mass is 10.1. The molecule has 2 rings (SSSR count).